The number of nitrogens with zero attached hydrogens (tertiary/aromatic N) is 2. The summed E-state index contributed by atoms with van der Waals surface area (Å²) >= 11 is 3.23. The number of aromatic nitrogens is 2. The van der Waals surface area contributed by atoms with E-state index in [0.717, 1.165) is 0 Å². The van der Waals surface area contributed by atoms with E-state index in [-0.39, 0.29) is 11.3 Å². The summed E-state index contributed by atoms with van der Waals surface area (Å²) in [6.07, 6.45) is 1.71. The Balaban J connectivity index is 2.03. The van der Waals surface area contributed by atoms with Crippen LogP contribution in [0.25, 0.3) is 5.65 Å². The fourth-order valence-electron chi connectivity index (χ4n) is 2.68. The first-order valence-corrected chi connectivity index (χ1v) is 8.66. The van der Waals surface area contributed by atoms with Gasteiger partial charge in [0.25, 0.3) is 5.91 Å². The molecule has 134 valence electrons. The summed E-state index contributed by atoms with van der Waals surface area (Å²) in [6, 6.07) is 8.18. The van der Waals surface area contributed by atoms with Crippen molar-refractivity contribution in [1.29, 1.82) is 0 Å². The Hall–Kier alpha value is -2.87. The standard InChI is InChI=1S/C18H16BrN3O4/c1-3-26-14-5-4-8-22-15(10(2)20-16(14)22)17(23)21-13-7-6-11(19)9-12(13)18(24)25/h4-9H,3H2,1-2H3,(H,21,23)(H,24,25). The van der Waals surface area contributed by atoms with E-state index in [1.165, 1.54) is 12.1 Å². The van der Waals surface area contributed by atoms with Gasteiger partial charge >= 0.3 is 5.97 Å². The maximum Gasteiger partial charge on any atom is 0.337 e. The molecule has 1 amide bonds. The Morgan fingerprint density at radius 2 is 2.12 bits per heavy atom. The number of carboxylic acid groups (broad SMARTS) is 1. The molecule has 0 atom stereocenters. The molecule has 0 aliphatic rings. The molecule has 0 aliphatic heterocycles. The molecular formula is C18H16BrN3O4. The number of fused-ring (bicyclic) bond motifs is 1. The highest BCUT2D eigenvalue weighted by atomic mass is 79.9. The van der Waals surface area contributed by atoms with Crippen LogP contribution in [0.5, 0.6) is 5.75 Å². The van der Waals surface area contributed by atoms with Crippen molar-refractivity contribution >= 4 is 39.1 Å². The number of aryl methyl sites for hydroxylation is 1. The molecule has 0 bridgehead atoms. The van der Waals surface area contributed by atoms with Gasteiger partial charge in [-0.05, 0) is 44.2 Å². The lowest BCUT2D eigenvalue weighted by molar-refractivity contribution is 0.0698. The molecule has 0 saturated carbocycles. The van der Waals surface area contributed by atoms with Gasteiger partial charge in [-0.2, -0.15) is 0 Å². The van der Waals surface area contributed by atoms with Crippen LogP contribution < -0.4 is 10.1 Å². The number of aromatic carboxylic acids is 1. The smallest absolute Gasteiger partial charge is 0.337 e. The van der Waals surface area contributed by atoms with Crippen molar-refractivity contribution < 1.29 is 19.4 Å². The predicted octanol–water partition coefficient (Wildman–Crippen LogP) is 3.75. The first-order chi connectivity index (χ1) is 12.4. The number of anilines is 1. The summed E-state index contributed by atoms with van der Waals surface area (Å²) in [5, 5.41) is 12.0. The van der Waals surface area contributed by atoms with Crippen LogP contribution in [0.3, 0.4) is 0 Å². The highest BCUT2D eigenvalue weighted by Crippen LogP contribution is 2.25. The van der Waals surface area contributed by atoms with Crippen molar-refractivity contribution in [2.45, 2.75) is 13.8 Å². The average molecular weight is 418 g/mol. The molecule has 8 heteroatoms. The van der Waals surface area contributed by atoms with Crippen LogP contribution in [0.4, 0.5) is 5.69 Å². The summed E-state index contributed by atoms with van der Waals surface area (Å²) in [5.74, 6) is -1.00. The van der Waals surface area contributed by atoms with E-state index < -0.39 is 11.9 Å². The Morgan fingerprint density at radius 1 is 1.35 bits per heavy atom. The Bertz CT molecular complexity index is 1010. The zero-order chi connectivity index (χ0) is 18.8. The van der Waals surface area contributed by atoms with E-state index in [2.05, 4.69) is 26.2 Å². The second-order valence-corrected chi connectivity index (χ2v) is 6.41. The molecule has 0 unspecified atom stereocenters. The van der Waals surface area contributed by atoms with Gasteiger partial charge in [0, 0.05) is 10.7 Å². The van der Waals surface area contributed by atoms with E-state index >= 15 is 0 Å². The van der Waals surface area contributed by atoms with Gasteiger partial charge in [0.1, 0.15) is 5.69 Å². The number of hydrogen-bond acceptors (Lipinski definition) is 4. The molecule has 3 rings (SSSR count). The molecule has 3 aromatic rings. The summed E-state index contributed by atoms with van der Waals surface area (Å²) in [7, 11) is 0. The number of pyridine rings is 1. The Kier molecular flexibility index (Phi) is 4.94. The molecule has 0 spiro atoms. The van der Waals surface area contributed by atoms with E-state index in [9.17, 15) is 14.7 Å². The van der Waals surface area contributed by atoms with Crippen LogP contribution in [0.2, 0.25) is 0 Å². The first kappa shape index (κ1) is 17.9. The number of carbonyl (C=O) groups is 2. The van der Waals surface area contributed by atoms with Crippen LogP contribution >= 0.6 is 15.9 Å². The maximum absolute atomic E-state index is 12.8. The van der Waals surface area contributed by atoms with Gasteiger partial charge in [0.2, 0.25) is 0 Å². The molecule has 7 nitrogen and oxygen atoms in total. The number of amides is 1. The topological polar surface area (TPSA) is 92.9 Å². The lowest BCUT2D eigenvalue weighted by Gasteiger charge is -2.10. The number of carbonyl (C=O) groups excluding carboxylic acids is 1. The zero-order valence-electron chi connectivity index (χ0n) is 14.1. The van der Waals surface area contributed by atoms with Gasteiger partial charge < -0.3 is 15.2 Å². The van der Waals surface area contributed by atoms with Crippen LogP contribution in [0, 0.1) is 6.92 Å². The Morgan fingerprint density at radius 3 is 2.81 bits per heavy atom. The fraction of sp³-hybridized carbons (Fsp3) is 0.167. The lowest BCUT2D eigenvalue weighted by atomic mass is 10.1. The third kappa shape index (κ3) is 3.28. The minimum atomic E-state index is -1.13. The summed E-state index contributed by atoms with van der Waals surface area (Å²) < 4.78 is 7.80. The van der Waals surface area contributed by atoms with Crippen molar-refractivity contribution in [1.82, 2.24) is 9.38 Å². The number of hydrogen-bond donors (Lipinski definition) is 2. The van der Waals surface area contributed by atoms with E-state index in [1.54, 1.807) is 35.7 Å². The van der Waals surface area contributed by atoms with Crippen molar-refractivity contribution in [3.8, 4) is 5.75 Å². The number of ether oxygens (including phenoxy) is 1. The van der Waals surface area contributed by atoms with Crippen molar-refractivity contribution in [3.63, 3.8) is 0 Å². The van der Waals surface area contributed by atoms with Gasteiger partial charge in [-0.1, -0.05) is 15.9 Å². The van der Waals surface area contributed by atoms with Crippen LogP contribution in [-0.4, -0.2) is 33.0 Å². The number of nitrogens with one attached hydrogen (secondary N) is 1. The predicted molar refractivity (Wildman–Crippen MR) is 100 cm³/mol. The van der Waals surface area contributed by atoms with Crippen LogP contribution in [-0.2, 0) is 0 Å². The Labute approximate surface area is 157 Å². The second kappa shape index (κ2) is 7.17. The fourth-order valence-corrected chi connectivity index (χ4v) is 3.04. The second-order valence-electron chi connectivity index (χ2n) is 5.49. The quantitative estimate of drug-likeness (QED) is 0.659. The largest absolute Gasteiger partial charge is 0.490 e. The highest BCUT2D eigenvalue weighted by Gasteiger charge is 2.21. The van der Waals surface area contributed by atoms with Gasteiger partial charge in [0.05, 0.1) is 23.6 Å². The minimum absolute atomic E-state index is 0.00537. The number of carboxylic acids is 1. The third-order valence-corrected chi connectivity index (χ3v) is 4.26. The maximum atomic E-state index is 12.8. The third-order valence-electron chi connectivity index (χ3n) is 3.76. The SMILES string of the molecule is CCOc1cccn2c(C(=O)Nc3ccc(Br)cc3C(=O)O)c(C)nc12. The number of rotatable bonds is 5. The summed E-state index contributed by atoms with van der Waals surface area (Å²) in [4.78, 5) is 28.7. The monoisotopic (exact) mass is 417 g/mol. The molecule has 0 fully saturated rings. The minimum Gasteiger partial charge on any atom is -0.490 e. The van der Waals surface area contributed by atoms with Crippen LogP contribution in [0.15, 0.2) is 41.0 Å². The molecule has 0 saturated heterocycles. The number of halogens is 1. The van der Waals surface area contributed by atoms with Gasteiger partial charge in [0.15, 0.2) is 11.4 Å². The van der Waals surface area contributed by atoms with Gasteiger partial charge in [-0.3, -0.25) is 9.20 Å². The molecule has 1 aromatic carbocycles. The highest BCUT2D eigenvalue weighted by molar-refractivity contribution is 9.10. The van der Waals surface area contributed by atoms with Crippen molar-refractivity contribution in [2.24, 2.45) is 0 Å². The van der Waals surface area contributed by atoms with E-state index in [0.29, 0.717) is 33.9 Å². The normalized spacial score (nSPS) is 10.7. The summed E-state index contributed by atoms with van der Waals surface area (Å²) in [5.41, 5.74) is 1.57. The van der Waals surface area contributed by atoms with Crippen LogP contribution in [0.1, 0.15) is 33.5 Å². The molecular weight excluding hydrogens is 402 g/mol. The number of benzene rings is 1. The molecule has 26 heavy (non-hydrogen) atoms. The zero-order valence-corrected chi connectivity index (χ0v) is 15.7. The molecule has 2 N–H and O–H groups in total. The number of imidazole rings is 1. The van der Waals surface area contributed by atoms with E-state index in [1.807, 2.05) is 6.92 Å². The van der Waals surface area contributed by atoms with E-state index in [4.69, 9.17) is 4.74 Å². The van der Waals surface area contributed by atoms with Gasteiger partial charge in [-0.15, -0.1) is 0 Å². The first-order valence-electron chi connectivity index (χ1n) is 7.87. The van der Waals surface area contributed by atoms with Gasteiger partial charge in [-0.25, -0.2) is 9.78 Å². The average Bonchev–Trinajstić information content (AvgIpc) is 2.93. The molecule has 2 heterocycles. The molecule has 2 aromatic heterocycles. The lowest BCUT2D eigenvalue weighted by Crippen LogP contribution is -2.17. The summed E-state index contributed by atoms with van der Waals surface area (Å²) in [6.45, 7) is 4.07. The van der Waals surface area contributed by atoms with Crippen molar-refractivity contribution in [3.05, 3.63) is 58.0 Å². The molecule has 0 radical (unpaired) electrons. The molecule has 0 aliphatic carbocycles. The van der Waals surface area contributed by atoms with Crippen molar-refractivity contribution in [2.75, 3.05) is 11.9 Å².